The van der Waals surface area contributed by atoms with Crippen LogP contribution in [0.2, 0.25) is 0 Å². The third-order valence-electron chi connectivity index (χ3n) is 3.56. The summed E-state index contributed by atoms with van der Waals surface area (Å²) in [5.41, 5.74) is 1.90. The van der Waals surface area contributed by atoms with Gasteiger partial charge in [0.1, 0.15) is 0 Å². The maximum atomic E-state index is 12.3. The molecular weight excluding hydrogens is 254 g/mol. The standard InChI is InChI=1S/C14H17N5O/c1-10-6-11(8-16-7-10)14(20)13-9-19(18-17-13)12-2-4-15-5-3-12/h6-9,12,15H,2-5H2,1H3. The summed E-state index contributed by atoms with van der Waals surface area (Å²) in [4.78, 5) is 16.4. The fraction of sp³-hybridized carbons (Fsp3) is 0.429. The molecule has 20 heavy (non-hydrogen) atoms. The van der Waals surface area contributed by atoms with Crippen LogP contribution in [0.25, 0.3) is 0 Å². The third kappa shape index (κ3) is 2.60. The molecule has 3 rings (SSSR count). The summed E-state index contributed by atoms with van der Waals surface area (Å²) in [6.07, 6.45) is 7.08. The highest BCUT2D eigenvalue weighted by atomic mass is 16.1. The van der Waals surface area contributed by atoms with Crippen molar-refractivity contribution < 1.29 is 4.79 Å². The predicted octanol–water partition coefficient (Wildman–Crippen LogP) is 1.14. The van der Waals surface area contributed by atoms with Crippen LogP contribution in [0.5, 0.6) is 0 Å². The van der Waals surface area contributed by atoms with Crippen LogP contribution < -0.4 is 5.32 Å². The molecule has 0 atom stereocenters. The van der Waals surface area contributed by atoms with Crippen molar-refractivity contribution in [3.05, 3.63) is 41.5 Å². The molecule has 0 unspecified atom stereocenters. The Morgan fingerprint density at radius 3 is 2.90 bits per heavy atom. The van der Waals surface area contributed by atoms with Gasteiger partial charge < -0.3 is 5.32 Å². The molecule has 0 amide bonds. The number of piperidine rings is 1. The van der Waals surface area contributed by atoms with E-state index in [2.05, 4.69) is 20.6 Å². The van der Waals surface area contributed by atoms with Crippen LogP contribution in [0.1, 0.15) is 40.5 Å². The number of hydrogen-bond donors (Lipinski definition) is 1. The van der Waals surface area contributed by atoms with E-state index in [1.165, 1.54) is 0 Å². The molecule has 104 valence electrons. The maximum absolute atomic E-state index is 12.3. The molecule has 3 heterocycles. The Bertz CT molecular complexity index is 616. The van der Waals surface area contributed by atoms with Gasteiger partial charge in [-0.25, -0.2) is 4.68 Å². The SMILES string of the molecule is Cc1cncc(C(=O)c2cn(C3CCNCC3)nn2)c1. The number of hydrogen-bond acceptors (Lipinski definition) is 5. The zero-order chi connectivity index (χ0) is 13.9. The van der Waals surface area contributed by atoms with Gasteiger partial charge in [-0.1, -0.05) is 5.21 Å². The average Bonchev–Trinajstić information content (AvgIpc) is 2.97. The van der Waals surface area contributed by atoms with Gasteiger partial charge in [-0.3, -0.25) is 9.78 Å². The molecule has 0 aromatic carbocycles. The van der Waals surface area contributed by atoms with Gasteiger partial charge in [0.2, 0.25) is 5.78 Å². The first-order chi connectivity index (χ1) is 9.74. The lowest BCUT2D eigenvalue weighted by Crippen LogP contribution is -2.29. The first-order valence-corrected chi connectivity index (χ1v) is 6.83. The topological polar surface area (TPSA) is 72.7 Å². The zero-order valence-electron chi connectivity index (χ0n) is 11.4. The number of aryl methyl sites for hydroxylation is 1. The Balaban J connectivity index is 1.80. The molecule has 0 bridgehead atoms. The molecular formula is C14H17N5O. The summed E-state index contributed by atoms with van der Waals surface area (Å²) < 4.78 is 1.82. The van der Waals surface area contributed by atoms with Crippen LogP contribution in [0.15, 0.2) is 24.7 Å². The van der Waals surface area contributed by atoms with Gasteiger partial charge in [0.25, 0.3) is 0 Å². The van der Waals surface area contributed by atoms with Crippen molar-refractivity contribution >= 4 is 5.78 Å². The number of nitrogens with one attached hydrogen (secondary N) is 1. The summed E-state index contributed by atoms with van der Waals surface area (Å²) in [7, 11) is 0. The molecule has 6 heteroatoms. The quantitative estimate of drug-likeness (QED) is 0.847. The molecule has 0 spiro atoms. The molecule has 6 nitrogen and oxygen atoms in total. The van der Waals surface area contributed by atoms with Crippen LogP contribution >= 0.6 is 0 Å². The van der Waals surface area contributed by atoms with E-state index >= 15 is 0 Å². The van der Waals surface area contributed by atoms with Crippen LogP contribution in [-0.4, -0.2) is 38.9 Å². The first-order valence-electron chi connectivity index (χ1n) is 6.83. The monoisotopic (exact) mass is 271 g/mol. The van der Waals surface area contributed by atoms with Gasteiger partial charge >= 0.3 is 0 Å². The van der Waals surface area contributed by atoms with E-state index in [1.807, 2.05) is 17.7 Å². The van der Waals surface area contributed by atoms with E-state index in [0.717, 1.165) is 31.5 Å². The van der Waals surface area contributed by atoms with Gasteiger partial charge in [-0.05, 0) is 44.5 Å². The Morgan fingerprint density at radius 1 is 1.35 bits per heavy atom. The molecule has 1 aliphatic heterocycles. The van der Waals surface area contributed by atoms with Crippen molar-refractivity contribution in [3.63, 3.8) is 0 Å². The van der Waals surface area contributed by atoms with Gasteiger partial charge in [-0.2, -0.15) is 0 Å². The maximum Gasteiger partial charge on any atom is 0.216 e. The van der Waals surface area contributed by atoms with Crippen LogP contribution in [0.3, 0.4) is 0 Å². The minimum Gasteiger partial charge on any atom is -0.317 e. The highest BCUT2D eigenvalue weighted by Gasteiger charge is 2.19. The molecule has 1 aliphatic rings. The Hall–Kier alpha value is -2.08. The molecule has 1 N–H and O–H groups in total. The van der Waals surface area contributed by atoms with Crippen LogP contribution in [-0.2, 0) is 0 Å². The van der Waals surface area contributed by atoms with Crippen molar-refractivity contribution in [1.82, 2.24) is 25.3 Å². The lowest BCUT2D eigenvalue weighted by molar-refractivity contribution is 0.103. The highest BCUT2D eigenvalue weighted by Crippen LogP contribution is 2.18. The second kappa shape index (κ2) is 5.50. The van der Waals surface area contributed by atoms with Gasteiger partial charge in [0, 0.05) is 18.0 Å². The number of carbonyl (C=O) groups is 1. The van der Waals surface area contributed by atoms with Gasteiger partial charge in [0.15, 0.2) is 5.69 Å². The summed E-state index contributed by atoms with van der Waals surface area (Å²) in [6.45, 7) is 3.88. The second-order valence-corrected chi connectivity index (χ2v) is 5.15. The summed E-state index contributed by atoms with van der Waals surface area (Å²) in [6, 6.07) is 2.15. The molecule has 0 radical (unpaired) electrons. The van der Waals surface area contributed by atoms with E-state index in [-0.39, 0.29) is 5.78 Å². The number of carbonyl (C=O) groups excluding carboxylic acids is 1. The van der Waals surface area contributed by atoms with Crippen molar-refractivity contribution in [3.8, 4) is 0 Å². The normalized spacial score (nSPS) is 16.2. The summed E-state index contributed by atoms with van der Waals surface area (Å²) in [5, 5.41) is 11.4. The van der Waals surface area contributed by atoms with Crippen LogP contribution in [0, 0.1) is 6.92 Å². The number of rotatable bonds is 3. The fourth-order valence-corrected chi connectivity index (χ4v) is 2.46. The Kier molecular flexibility index (Phi) is 3.56. The van der Waals surface area contributed by atoms with Crippen LogP contribution in [0.4, 0.5) is 0 Å². The molecule has 0 saturated carbocycles. The number of pyridine rings is 1. The number of ketones is 1. The summed E-state index contributed by atoms with van der Waals surface area (Å²) >= 11 is 0. The Morgan fingerprint density at radius 2 is 2.15 bits per heavy atom. The lowest BCUT2D eigenvalue weighted by Gasteiger charge is -2.22. The summed E-state index contributed by atoms with van der Waals surface area (Å²) in [5.74, 6) is -0.124. The van der Waals surface area contributed by atoms with E-state index in [0.29, 0.717) is 17.3 Å². The van der Waals surface area contributed by atoms with Crippen molar-refractivity contribution in [1.29, 1.82) is 0 Å². The molecule has 1 saturated heterocycles. The fourth-order valence-electron chi connectivity index (χ4n) is 2.46. The van der Waals surface area contributed by atoms with Crippen molar-refractivity contribution in [2.24, 2.45) is 0 Å². The van der Waals surface area contributed by atoms with E-state index in [1.54, 1.807) is 18.6 Å². The molecule has 0 aliphatic carbocycles. The number of aromatic nitrogens is 4. The van der Waals surface area contributed by atoms with E-state index in [4.69, 9.17) is 0 Å². The minimum absolute atomic E-state index is 0.124. The number of nitrogens with zero attached hydrogens (tertiary/aromatic N) is 4. The highest BCUT2D eigenvalue weighted by molar-refractivity contribution is 6.07. The molecule has 1 fully saturated rings. The zero-order valence-corrected chi connectivity index (χ0v) is 11.4. The molecule has 2 aromatic heterocycles. The largest absolute Gasteiger partial charge is 0.317 e. The van der Waals surface area contributed by atoms with Gasteiger partial charge in [-0.15, -0.1) is 5.10 Å². The molecule has 2 aromatic rings. The second-order valence-electron chi connectivity index (χ2n) is 5.15. The third-order valence-corrected chi connectivity index (χ3v) is 3.56. The van der Waals surface area contributed by atoms with Gasteiger partial charge in [0.05, 0.1) is 12.2 Å². The van der Waals surface area contributed by atoms with Crippen molar-refractivity contribution in [2.75, 3.05) is 13.1 Å². The first kappa shape index (κ1) is 12.9. The lowest BCUT2D eigenvalue weighted by atomic mass is 10.1. The smallest absolute Gasteiger partial charge is 0.216 e. The minimum atomic E-state index is -0.124. The average molecular weight is 271 g/mol. The van der Waals surface area contributed by atoms with Crippen molar-refractivity contribution in [2.45, 2.75) is 25.8 Å². The Labute approximate surface area is 117 Å². The van der Waals surface area contributed by atoms with E-state index < -0.39 is 0 Å². The van der Waals surface area contributed by atoms with E-state index in [9.17, 15) is 4.79 Å². The predicted molar refractivity (Wildman–Crippen MR) is 73.6 cm³/mol.